The Morgan fingerprint density at radius 1 is 1.53 bits per heavy atom. The molecule has 1 amide bonds. The van der Waals surface area contributed by atoms with Gasteiger partial charge in [0.1, 0.15) is 5.82 Å². The topological polar surface area (TPSA) is 101 Å². The molecule has 1 aliphatic rings. The normalized spacial score (nSPS) is 18.7. The van der Waals surface area contributed by atoms with Gasteiger partial charge in [0.25, 0.3) is 5.69 Å². The maximum Gasteiger partial charge on any atom is 0.308 e. The summed E-state index contributed by atoms with van der Waals surface area (Å²) in [5, 5.41) is 19.4. The van der Waals surface area contributed by atoms with E-state index in [4.69, 9.17) is 5.11 Å². The van der Waals surface area contributed by atoms with Crippen molar-refractivity contribution in [3.8, 4) is 0 Å². The lowest BCUT2D eigenvalue weighted by atomic mass is 10.1. The molecule has 1 aromatic carbocycles. The third-order valence-corrected chi connectivity index (χ3v) is 2.91. The molecule has 7 nitrogen and oxygen atoms in total. The molecule has 1 fully saturated rings. The first kappa shape index (κ1) is 12.9. The first-order chi connectivity index (χ1) is 8.90. The van der Waals surface area contributed by atoms with Crippen LogP contribution in [-0.4, -0.2) is 28.5 Å². The molecule has 19 heavy (non-hydrogen) atoms. The van der Waals surface area contributed by atoms with Crippen molar-refractivity contribution in [3.63, 3.8) is 0 Å². The number of anilines is 1. The van der Waals surface area contributed by atoms with Crippen LogP contribution in [0.3, 0.4) is 0 Å². The minimum atomic E-state index is -1.15. The van der Waals surface area contributed by atoms with Crippen molar-refractivity contribution < 1.29 is 24.0 Å². The summed E-state index contributed by atoms with van der Waals surface area (Å²) in [5.74, 6) is -3.44. The van der Waals surface area contributed by atoms with E-state index in [2.05, 4.69) is 0 Å². The maximum absolute atomic E-state index is 13.6. The molecule has 1 N–H and O–H groups in total. The van der Waals surface area contributed by atoms with E-state index >= 15 is 0 Å². The molecule has 1 aromatic rings. The second-order valence-corrected chi connectivity index (χ2v) is 4.14. The van der Waals surface area contributed by atoms with Crippen LogP contribution in [0.25, 0.3) is 0 Å². The minimum Gasteiger partial charge on any atom is -0.481 e. The molecule has 1 saturated heterocycles. The van der Waals surface area contributed by atoms with E-state index in [1.54, 1.807) is 0 Å². The summed E-state index contributed by atoms with van der Waals surface area (Å²) in [6.07, 6.45) is -0.239. The number of nitrogens with zero attached hydrogens (tertiary/aromatic N) is 2. The van der Waals surface area contributed by atoms with Gasteiger partial charge in [-0.25, -0.2) is 4.39 Å². The van der Waals surface area contributed by atoms with Gasteiger partial charge < -0.3 is 10.0 Å². The number of carboxylic acid groups (broad SMARTS) is 1. The smallest absolute Gasteiger partial charge is 0.308 e. The first-order valence-corrected chi connectivity index (χ1v) is 5.37. The van der Waals surface area contributed by atoms with Crippen molar-refractivity contribution in [2.75, 3.05) is 11.4 Å². The average Bonchev–Trinajstić information content (AvgIpc) is 2.72. The summed E-state index contributed by atoms with van der Waals surface area (Å²) in [6.45, 7) is -0.188. The molecule has 1 aliphatic heterocycles. The van der Waals surface area contributed by atoms with Crippen molar-refractivity contribution in [1.82, 2.24) is 0 Å². The van der Waals surface area contributed by atoms with Gasteiger partial charge in [-0.1, -0.05) is 0 Å². The highest BCUT2D eigenvalue weighted by molar-refractivity contribution is 5.99. The zero-order chi connectivity index (χ0) is 14.2. The number of hydrogen-bond donors (Lipinski definition) is 1. The molecule has 1 unspecified atom stereocenters. The molecule has 8 heteroatoms. The fourth-order valence-electron chi connectivity index (χ4n) is 1.93. The molecule has 1 heterocycles. The van der Waals surface area contributed by atoms with E-state index in [0.29, 0.717) is 0 Å². The third kappa shape index (κ3) is 2.37. The molecule has 1 atom stereocenters. The molecule has 2 rings (SSSR count). The predicted octanol–water partition coefficient (Wildman–Crippen LogP) is 1.17. The van der Waals surface area contributed by atoms with E-state index in [9.17, 15) is 24.1 Å². The Labute approximate surface area is 106 Å². The average molecular weight is 268 g/mol. The number of benzene rings is 1. The molecule has 0 bridgehead atoms. The molecule has 0 aromatic heterocycles. The summed E-state index contributed by atoms with van der Waals surface area (Å²) in [7, 11) is 0. The van der Waals surface area contributed by atoms with Crippen molar-refractivity contribution in [2.24, 2.45) is 5.92 Å². The summed E-state index contributed by atoms with van der Waals surface area (Å²) >= 11 is 0. The predicted molar refractivity (Wildman–Crippen MR) is 61.2 cm³/mol. The van der Waals surface area contributed by atoms with Crippen LogP contribution in [-0.2, 0) is 9.59 Å². The fraction of sp³-hybridized carbons (Fsp3) is 0.273. The minimum absolute atomic E-state index is 0.188. The van der Waals surface area contributed by atoms with E-state index in [1.807, 2.05) is 0 Å². The zero-order valence-corrected chi connectivity index (χ0v) is 9.58. The number of nitro benzene ring substituents is 1. The Hall–Kier alpha value is -2.51. The van der Waals surface area contributed by atoms with E-state index in [-0.39, 0.29) is 24.3 Å². The van der Waals surface area contributed by atoms with E-state index in [1.165, 1.54) is 0 Å². The number of carbonyl (C=O) groups excluding carboxylic acids is 1. The monoisotopic (exact) mass is 268 g/mol. The lowest BCUT2D eigenvalue weighted by Crippen LogP contribution is -2.26. The van der Waals surface area contributed by atoms with Gasteiger partial charge in [0.15, 0.2) is 0 Å². The lowest BCUT2D eigenvalue weighted by Gasteiger charge is -2.16. The Kier molecular flexibility index (Phi) is 3.16. The van der Waals surface area contributed by atoms with Gasteiger partial charge in [0.2, 0.25) is 5.91 Å². The van der Waals surface area contributed by atoms with Crippen molar-refractivity contribution in [2.45, 2.75) is 6.42 Å². The second kappa shape index (κ2) is 4.63. The summed E-state index contributed by atoms with van der Waals surface area (Å²) < 4.78 is 13.6. The molecule has 0 aliphatic carbocycles. The Bertz CT molecular complexity index is 574. The molecular formula is C11H9FN2O5. The Morgan fingerprint density at radius 2 is 2.21 bits per heavy atom. The molecule has 0 spiro atoms. The highest BCUT2D eigenvalue weighted by atomic mass is 19.1. The van der Waals surface area contributed by atoms with Gasteiger partial charge in [0.05, 0.1) is 16.5 Å². The number of rotatable bonds is 3. The summed E-state index contributed by atoms with van der Waals surface area (Å²) in [4.78, 5) is 33.3. The lowest BCUT2D eigenvalue weighted by molar-refractivity contribution is -0.384. The summed E-state index contributed by atoms with van der Waals surface area (Å²) in [6, 6.07) is 2.79. The Morgan fingerprint density at radius 3 is 2.74 bits per heavy atom. The number of hydrogen-bond acceptors (Lipinski definition) is 4. The van der Waals surface area contributed by atoms with E-state index in [0.717, 1.165) is 23.1 Å². The quantitative estimate of drug-likeness (QED) is 0.655. The first-order valence-electron chi connectivity index (χ1n) is 5.37. The molecule has 0 radical (unpaired) electrons. The largest absolute Gasteiger partial charge is 0.481 e. The number of non-ortho nitro benzene ring substituents is 1. The fourth-order valence-corrected chi connectivity index (χ4v) is 1.93. The van der Waals surface area contributed by atoms with Crippen LogP contribution in [0.4, 0.5) is 15.8 Å². The number of amides is 1. The number of carbonyl (C=O) groups is 2. The van der Waals surface area contributed by atoms with Crippen molar-refractivity contribution >= 4 is 23.3 Å². The van der Waals surface area contributed by atoms with Gasteiger partial charge >= 0.3 is 5.97 Å². The van der Waals surface area contributed by atoms with Crippen LogP contribution < -0.4 is 4.90 Å². The molecular weight excluding hydrogens is 259 g/mol. The van der Waals surface area contributed by atoms with Crippen molar-refractivity contribution in [3.05, 3.63) is 34.1 Å². The van der Waals surface area contributed by atoms with Crippen LogP contribution in [0.2, 0.25) is 0 Å². The third-order valence-electron chi connectivity index (χ3n) is 2.91. The number of carboxylic acids is 1. The van der Waals surface area contributed by atoms with Crippen LogP contribution >= 0.6 is 0 Å². The van der Waals surface area contributed by atoms with Crippen LogP contribution in [0, 0.1) is 21.8 Å². The number of halogens is 1. The van der Waals surface area contributed by atoms with Crippen LogP contribution in [0.15, 0.2) is 18.2 Å². The maximum atomic E-state index is 13.6. The highest BCUT2D eigenvalue weighted by Gasteiger charge is 2.36. The van der Waals surface area contributed by atoms with Gasteiger partial charge in [-0.05, 0) is 6.07 Å². The molecule has 100 valence electrons. The van der Waals surface area contributed by atoms with Gasteiger partial charge in [-0.15, -0.1) is 0 Å². The number of aliphatic carboxylic acids is 1. The zero-order valence-electron chi connectivity index (χ0n) is 9.58. The number of nitro groups is 1. The summed E-state index contributed by atoms with van der Waals surface area (Å²) in [5.41, 5.74) is -0.620. The Balaban J connectivity index is 2.36. The van der Waals surface area contributed by atoms with E-state index < -0.39 is 28.5 Å². The highest BCUT2D eigenvalue weighted by Crippen LogP contribution is 2.30. The van der Waals surface area contributed by atoms with Crippen LogP contribution in [0.5, 0.6) is 0 Å². The van der Waals surface area contributed by atoms with Gasteiger partial charge in [-0.3, -0.25) is 19.7 Å². The van der Waals surface area contributed by atoms with Crippen LogP contribution in [0.1, 0.15) is 6.42 Å². The molecule has 0 saturated carbocycles. The van der Waals surface area contributed by atoms with Crippen molar-refractivity contribution in [1.29, 1.82) is 0 Å². The van der Waals surface area contributed by atoms with Gasteiger partial charge in [-0.2, -0.15) is 0 Å². The standard InChI is InChI=1S/C11H9FN2O5/c12-8-2-1-7(14(18)19)4-9(8)13-5-6(11(16)17)3-10(13)15/h1-2,4,6H,3,5H2,(H,16,17). The second-order valence-electron chi connectivity index (χ2n) is 4.14. The SMILES string of the molecule is O=C(O)C1CC(=O)N(c2cc([N+](=O)[O-])ccc2F)C1. The van der Waals surface area contributed by atoms with Gasteiger partial charge in [0, 0.05) is 25.1 Å².